The summed E-state index contributed by atoms with van der Waals surface area (Å²) in [4.78, 5) is 22.4. The van der Waals surface area contributed by atoms with Gasteiger partial charge in [0.15, 0.2) is 0 Å². The van der Waals surface area contributed by atoms with E-state index in [-0.39, 0.29) is 0 Å². The first-order valence-electron chi connectivity index (χ1n) is 5.56. The summed E-state index contributed by atoms with van der Waals surface area (Å²) in [5.41, 5.74) is 0.474. The van der Waals surface area contributed by atoms with E-state index in [0.717, 1.165) is 0 Å². The Labute approximate surface area is 120 Å². The smallest absolute Gasteiger partial charge is 0.319 e. The minimum absolute atomic E-state index is 0.325. The lowest BCUT2D eigenvalue weighted by Gasteiger charge is -2.18. The molecule has 0 spiro atoms. The standard InChI is InChI=1S/C12H14Cl2N2O3/c1-6(11(17)18)7(2)15-12(19)16-8-3-4-9(13)10(14)5-8/h3-7H,1-2H3,(H,17,18)(H2,15,16,19). The lowest BCUT2D eigenvalue weighted by molar-refractivity contribution is -0.141. The number of hydrogen-bond acceptors (Lipinski definition) is 2. The van der Waals surface area contributed by atoms with Gasteiger partial charge in [-0.15, -0.1) is 0 Å². The molecule has 1 rings (SSSR count). The molecule has 0 heterocycles. The molecule has 0 fully saturated rings. The van der Waals surface area contributed by atoms with Crippen LogP contribution >= 0.6 is 23.2 Å². The van der Waals surface area contributed by atoms with Crippen molar-refractivity contribution in [1.29, 1.82) is 0 Å². The molecule has 0 bridgehead atoms. The quantitative estimate of drug-likeness (QED) is 0.799. The van der Waals surface area contributed by atoms with E-state index < -0.39 is 24.0 Å². The van der Waals surface area contributed by atoms with Gasteiger partial charge in [-0.25, -0.2) is 4.79 Å². The minimum Gasteiger partial charge on any atom is -0.481 e. The summed E-state index contributed by atoms with van der Waals surface area (Å²) in [5.74, 6) is -1.65. The Hall–Kier alpha value is -1.46. The number of rotatable bonds is 4. The highest BCUT2D eigenvalue weighted by Crippen LogP contribution is 2.24. The first-order chi connectivity index (χ1) is 8.81. The van der Waals surface area contributed by atoms with Crippen molar-refractivity contribution in [3.63, 3.8) is 0 Å². The van der Waals surface area contributed by atoms with Crippen LogP contribution in [-0.2, 0) is 4.79 Å². The van der Waals surface area contributed by atoms with E-state index in [1.807, 2.05) is 0 Å². The van der Waals surface area contributed by atoms with Crippen LogP contribution in [0.4, 0.5) is 10.5 Å². The molecule has 5 nitrogen and oxygen atoms in total. The maximum atomic E-state index is 11.7. The number of aliphatic carboxylic acids is 1. The molecule has 1 aromatic carbocycles. The molecule has 2 atom stereocenters. The Kier molecular flexibility index (Phi) is 5.44. The summed E-state index contributed by atoms with van der Waals surface area (Å²) in [7, 11) is 0. The van der Waals surface area contributed by atoms with Crippen molar-refractivity contribution in [3.05, 3.63) is 28.2 Å². The number of anilines is 1. The summed E-state index contributed by atoms with van der Waals surface area (Å²) >= 11 is 11.6. The number of benzene rings is 1. The lowest BCUT2D eigenvalue weighted by atomic mass is 10.0. The van der Waals surface area contributed by atoms with E-state index >= 15 is 0 Å². The van der Waals surface area contributed by atoms with Crippen LogP contribution in [0.1, 0.15) is 13.8 Å². The number of urea groups is 1. The number of halogens is 2. The van der Waals surface area contributed by atoms with Crippen LogP contribution in [0.2, 0.25) is 10.0 Å². The predicted octanol–water partition coefficient (Wildman–Crippen LogP) is 3.22. The number of carboxylic acid groups (broad SMARTS) is 1. The predicted molar refractivity (Wildman–Crippen MR) is 74.9 cm³/mol. The fourth-order valence-corrected chi connectivity index (χ4v) is 1.58. The van der Waals surface area contributed by atoms with Gasteiger partial charge in [0, 0.05) is 11.7 Å². The summed E-state index contributed by atoms with van der Waals surface area (Å²) in [5, 5.41) is 14.6. The van der Waals surface area contributed by atoms with Crippen LogP contribution in [0.3, 0.4) is 0 Å². The van der Waals surface area contributed by atoms with Crippen molar-refractivity contribution in [1.82, 2.24) is 5.32 Å². The molecule has 3 N–H and O–H groups in total. The molecule has 19 heavy (non-hydrogen) atoms. The van der Waals surface area contributed by atoms with E-state index in [1.165, 1.54) is 13.0 Å². The van der Waals surface area contributed by atoms with Crippen molar-refractivity contribution in [2.24, 2.45) is 5.92 Å². The average molecular weight is 305 g/mol. The largest absolute Gasteiger partial charge is 0.481 e. The first kappa shape index (κ1) is 15.6. The lowest BCUT2D eigenvalue weighted by Crippen LogP contribution is -2.42. The molecule has 0 aliphatic heterocycles. The third-order valence-corrected chi connectivity index (χ3v) is 3.41. The van der Waals surface area contributed by atoms with Crippen LogP contribution in [0, 0.1) is 5.92 Å². The van der Waals surface area contributed by atoms with Crippen LogP contribution in [0.15, 0.2) is 18.2 Å². The molecular weight excluding hydrogens is 291 g/mol. The third kappa shape index (κ3) is 4.61. The number of carbonyl (C=O) groups excluding carboxylic acids is 1. The van der Waals surface area contributed by atoms with E-state index in [4.69, 9.17) is 28.3 Å². The van der Waals surface area contributed by atoms with E-state index in [9.17, 15) is 9.59 Å². The second kappa shape index (κ2) is 6.63. The van der Waals surface area contributed by atoms with Crippen LogP contribution < -0.4 is 10.6 Å². The normalized spacial score (nSPS) is 13.5. The average Bonchev–Trinajstić information content (AvgIpc) is 2.32. The Morgan fingerprint density at radius 3 is 2.37 bits per heavy atom. The van der Waals surface area contributed by atoms with E-state index in [0.29, 0.717) is 15.7 Å². The third-order valence-electron chi connectivity index (χ3n) is 2.68. The molecule has 2 unspecified atom stereocenters. The molecule has 0 saturated carbocycles. The number of nitrogens with one attached hydrogen (secondary N) is 2. The maximum absolute atomic E-state index is 11.7. The van der Waals surface area contributed by atoms with Gasteiger partial charge >= 0.3 is 12.0 Å². The number of carbonyl (C=O) groups is 2. The van der Waals surface area contributed by atoms with Crippen molar-refractivity contribution < 1.29 is 14.7 Å². The molecule has 2 amide bonds. The highest BCUT2D eigenvalue weighted by Gasteiger charge is 2.20. The fourth-order valence-electron chi connectivity index (χ4n) is 1.29. The highest BCUT2D eigenvalue weighted by molar-refractivity contribution is 6.42. The Balaban J connectivity index is 2.60. The fraction of sp³-hybridized carbons (Fsp3) is 0.333. The van der Waals surface area contributed by atoms with Crippen molar-refractivity contribution in [3.8, 4) is 0 Å². The van der Waals surface area contributed by atoms with Crippen LogP contribution in [-0.4, -0.2) is 23.1 Å². The Morgan fingerprint density at radius 1 is 1.21 bits per heavy atom. The van der Waals surface area contributed by atoms with E-state index in [2.05, 4.69) is 10.6 Å². The molecule has 0 aliphatic rings. The Morgan fingerprint density at radius 2 is 1.84 bits per heavy atom. The van der Waals surface area contributed by atoms with Crippen molar-refractivity contribution in [2.75, 3.05) is 5.32 Å². The topological polar surface area (TPSA) is 78.4 Å². The van der Waals surface area contributed by atoms with Gasteiger partial charge in [-0.3, -0.25) is 4.79 Å². The van der Waals surface area contributed by atoms with Gasteiger partial charge in [-0.1, -0.05) is 23.2 Å². The second-order valence-corrected chi connectivity index (χ2v) is 4.96. The van der Waals surface area contributed by atoms with Gasteiger partial charge in [-0.2, -0.15) is 0 Å². The zero-order chi connectivity index (χ0) is 14.6. The summed E-state index contributed by atoms with van der Waals surface area (Å²) in [6.45, 7) is 3.14. The molecule has 1 aromatic rings. The molecule has 0 saturated heterocycles. The monoisotopic (exact) mass is 304 g/mol. The van der Waals surface area contributed by atoms with Crippen LogP contribution in [0.5, 0.6) is 0 Å². The van der Waals surface area contributed by atoms with Gasteiger partial charge in [-0.05, 0) is 32.0 Å². The SMILES string of the molecule is CC(NC(=O)Nc1ccc(Cl)c(Cl)c1)C(C)C(=O)O. The van der Waals surface area contributed by atoms with Gasteiger partial charge in [0.25, 0.3) is 0 Å². The van der Waals surface area contributed by atoms with Gasteiger partial charge in [0.2, 0.25) is 0 Å². The maximum Gasteiger partial charge on any atom is 0.319 e. The molecule has 104 valence electrons. The summed E-state index contributed by atoms with van der Waals surface area (Å²) in [6.07, 6.45) is 0. The molecule has 0 aliphatic carbocycles. The van der Waals surface area contributed by atoms with Gasteiger partial charge < -0.3 is 15.7 Å². The van der Waals surface area contributed by atoms with Crippen molar-refractivity contribution >= 4 is 40.9 Å². The Bertz CT molecular complexity index is 494. The van der Waals surface area contributed by atoms with Crippen LogP contribution in [0.25, 0.3) is 0 Å². The number of hydrogen-bond donors (Lipinski definition) is 3. The molecule has 0 radical (unpaired) electrons. The van der Waals surface area contributed by atoms with Gasteiger partial charge in [0.1, 0.15) is 0 Å². The second-order valence-electron chi connectivity index (χ2n) is 4.14. The highest BCUT2D eigenvalue weighted by atomic mass is 35.5. The zero-order valence-corrected chi connectivity index (χ0v) is 11.9. The number of amides is 2. The van der Waals surface area contributed by atoms with E-state index in [1.54, 1.807) is 19.1 Å². The first-order valence-corrected chi connectivity index (χ1v) is 6.32. The summed E-state index contributed by atoms with van der Waals surface area (Å²) in [6, 6.07) is 3.66. The molecule has 0 aromatic heterocycles. The number of carboxylic acids is 1. The molecular formula is C12H14Cl2N2O3. The summed E-state index contributed by atoms with van der Waals surface area (Å²) < 4.78 is 0. The zero-order valence-electron chi connectivity index (χ0n) is 10.4. The van der Waals surface area contributed by atoms with Crippen molar-refractivity contribution in [2.45, 2.75) is 19.9 Å². The molecule has 7 heteroatoms. The van der Waals surface area contributed by atoms with Gasteiger partial charge in [0.05, 0.1) is 16.0 Å². The minimum atomic E-state index is -0.970.